The molecule has 3 nitrogen and oxygen atoms in total. The highest BCUT2D eigenvalue weighted by Gasteiger charge is 2.13. The molecule has 202 valence electrons. The van der Waals surface area contributed by atoms with Gasteiger partial charge in [-0.3, -0.25) is 0 Å². The first-order valence-electron chi connectivity index (χ1n) is 15.7. The number of carbonyl (C=O) groups is 1. The fourth-order valence-corrected chi connectivity index (χ4v) is 5.57. The van der Waals surface area contributed by atoms with E-state index in [4.69, 9.17) is 9.84 Å². The van der Waals surface area contributed by atoms with E-state index in [1.54, 1.807) is 0 Å². The average Bonchev–Trinajstić information content (AvgIpc) is 2.86. The summed E-state index contributed by atoms with van der Waals surface area (Å²) < 4.78 is 4.84. The summed E-state index contributed by atoms with van der Waals surface area (Å²) in [4.78, 5) is 10.4. The third-order valence-electron chi connectivity index (χ3n) is 7.82. The topological polar surface area (TPSA) is 46.5 Å². The number of hydrogen-bond donors (Lipinski definition) is 1. The zero-order chi connectivity index (χ0) is 24.4. The van der Waals surface area contributed by atoms with Gasteiger partial charge in [0.25, 0.3) is 0 Å². The van der Waals surface area contributed by atoms with Crippen LogP contribution in [0.4, 0.5) is 4.79 Å². The lowest BCUT2D eigenvalue weighted by atomic mass is 9.99. The molecule has 0 aromatic rings. The quantitative estimate of drug-likeness (QED) is 0.379. The van der Waals surface area contributed by atoms with Gasteiger partial charge < -0.3 is 9.84 Å². The first-order chi connectivity index (χ1) is 16.8. The Labute approximate surface area is 213 Å². The van der Waals surface area contributed by atoms with E-state index in [9.17, 15) is 4.79 Å². The Morgan fingerprint density at radius 1 is 0.382 bits per heavy atom. The molecule has 1 N–H and O–H groups in total. The molecule has 0 aromatic heterocycles. The van der Waals surface area contributed by atoms with Crippen molar-refractivity contribution in [3.63, 3.8) is 0 Å². The van der Waals surface area contributed by atoms with Gasteiger partial charge in [0.2, 0.25) is 0 Å². The summed E-state index contributed by atoms with van der Waals surface area (Å²) in [6.07, 6.45) is 39.2. The van der Waals surface area contributed by atoms with Crippen LogP contribution < -0.4 is 0 Å². The Hall–Kier alpha value is -0.730. The molecule has 3 fully saturated rings. The van der Waals surface area contributed by atoms with Crippen molar-refractivity contribution in [2.45, 2.75) is 192 Å². The second-order valence-corrected chi connectivity index (χ2v) is 11.1. The second-order valence-electron chi connectivity index (χ2n) is 11.1. The Morgan fingerprint density at radius 3 is 0.735 bits per heavy atom. The lowest BCUT2D eigenvalue weighted by Crippen LogP contribution is -2.17. The van der Waals surface area contributed by atoms with Crippen LogP contribution in [0.2, 0.25) is 0 Å². The SMILES string of the molecule is C1CCCCCCCCC1.C1CCCCCCCCC1.O=C(O)OC1CCCCCCCCC1. The molecule has 0 radical (unpaired) electrons. The van der Waals surface area contributed by atoms with Gasteiger partial charge in [0.15, 0.2) is 0 Å². The predicted molar refractivity (Wildman–Crippen MR) is 147 cm³/mol. The monoisotopic (exact) mass is 480 g/mol. The average molecular weight is 481 g/mol. The zero-order valence-electron chi connectivity index (χ0n) is 22.8. The van der Waals surface area contributed by atoms with E-state index >= 15 is 0 Å². The minimum Gasteiger partial charge on any atom is -0.450 e. The molecule has 3 aliphatic rings. The summed E-state index contributed by atoms with van der Waals surface area (Å²) in [7, 11) is 0. The highest BCUT2D eigenvalue weighted by molar-refractivity contribution is 5.57. The second kappa shape index (κ2) is 25.4. The van der Waals surface area contributed by atoms with Crippen molar-refractivity contribution in [2.75, 3.05) is 0 Å². The highest BCUT2D eigenvalue weighted by Crippen LogP contribution is 2.19. The highest BCUT2D eigenvalue weighted by atomic mass is 16.7. The third-order valence-corrected chi connectivity index (χ3v) is 7.82. The van der Waals surface area contributed by atoms with Gasteiger partial charge in [0, 0.05) is 0 Å². The summed E-state index contributed by atoms with van der Waals surface area (Å²) in [5, 5.41) is 8.53. The fourth-order valence-electron chi connectivity index (χ4n) is 5.57. The Balaban J connectivity index is 0.000000261. The molecule has 0 amide bonds. The molecular weight excluding hydrogens is 420 g/mol. The van der Waals surface area contributed by atoms with E-state index in [0.29, 0.717) is 0 Å². The van der Waals surface area contributed by atoms with Crippen molar-refractivity contribution in [1.82, 2.24) is 0 Å². The van der Waals surface area contributed by atoms with Crippen LogP contribution in [0.3, 0.4) is 0 Å². The van der Waals surface area contributed by atoms with E-state index in [2.05, 4.69) is 0 Å². The summed E-state index contributed by atoms with van der Waals surface area (Å²) >= 11 is 0. The van der Waals surface area contributed by atoms with E-state index in [1.165, 1.54) is 161 Å². The van der Waals surface area contributed by atoms with Crippen LogP contribution in [-0.4, -0.2) is 17.4 Å². The van der Waals surface area contributed by atoms with E-state index in [1.807, 2.05) is 0 Å². The van der Waals surface area contributed by atoms with E-state index in [0.717, 1.165) is 25.7 Å². The summed E-state index contributed by atoms with van der Waals surface area (Å²) in [6.45, 7) is 0. The smallest absolute Gasteiger partial charge is 0.450 e. The number of rotatable bonds is 1. The Bertz CT molecular complexity index is 326. The van der Waals surface area contributed by atoms with Crippen LogP contribution in [0.25, 0.3) is 0 Å². The molecule has 34 heavy (non-hydrogen) atoms. The van der Waals surface area contributed by atoms with Gasteiger partial charge in [0.1, 0.15) is 6.10 Å². The molecular formula is C31H60O3. The molecule has 0 spiro atoms. The minimum atomic E-state index is -1.12. The van der Waals surface area contributed by atoms with Gasteiger partial charge in [-0.25, -0.2) is 4.79 Å². The molecule has 0 unspecified atom stereocenters. The molecule has 0 bridgehead atoms. The van der Waals surface area contributed by atoms with Crippen LogP contribution in [0.1, 0.15) is 186 Å². The molecule has 0 aromatic carbocycles. The van der Waals surface area contributed by atoms with Crippen LogP contribution in [0.5, 0.6) is 0 Å². The molecule has 0 saturated heterocycles. The van der Waals surface area contributed by atoms with Crippen molar-refractivity contribution in [2.24, 2.45) is 0 Å². The van der Waals surface area contributed by atoms with Gasteiger partial charge >= 0.3 is 6.16 Å². The van der Waals surface area contributed by atoms with Crippen LogP contribution in [-0.2, 0) is 4.74 Å². The number of carboxylic acid groups (broad SMARTS) is 1. The normalized spacial score (nSPS) is 22.9. The molecule has 0 aliphatic heterocycles. The van der Waals surface area contributed by atoms with Crippen molar-refractivity contribution in [3.8, 4) is 0 Å². The van der Waals surface area contributed by atoms with Crippen LogP contribution >= 0.6 is 0 Å². The maximum Gasteiger partial charge on any atom is 0.506 e. The zero-order valence-corrected chi connectivity index (χ0v) is 22.8. The van der Waals surface area contributed by atoms with E-state index in [-0.39, 0.29) is 6.10 Å². The lowest BCUT2D eigenvalue weighted by molar-refractivity contribution is 0.0418. The third kappa shape index (κ3) is 23.0. The van der Waals surface area contributed by atoms with Crippen molar-refractivity contribution in [1.29, 1.82) is 0 Å². The maximum absolute atomic E-state index is 10.4. The van der Waals surface area contributed by atoms with Crippen molar-refractivity contribution >= 4 is 6.16 Å². The van der Waals surface area contributed by atoms with Gasteiger partial charge in [-0.15, -0.1) is 0 Å². The summed E-state index contributed by atoms with van der Waals surface area (Å²) in [5.74, 6) is 0. The standard InChI is InChI=1S/C11H20O3.2C10H20/c12-11(13)14-10-8-6-4-2-1-3-5-7-9-10;2*1-2-4-6-8-10-9-7-5-3-1/h10H,1-9H2,(H,12,13);2*1-10H2. The van der Waals surface area contributed by atoms with Crippen molar-refractivity contribution in [3.05, 3.63) is 0 Å². The summed E-state index contributed by atoms with van der Waals surface area (Å²) in [5.41, 5.74) is 0. The van der Waals surface area contributed by atoms with Crippen LogP contribution in [0, 0.1) is 0 Å². The van der Waals surface area contributed by atoms with Gasteiger partial charge in [0.05, 0.1) is 0 Å². The first-order valence-corrected chi connectivity index (χ1v) is 15.7. The molecule has 3 heteroatoms. The lowest BCUT2D eigenvalue weighted by Gasteiger charge is -2.17. The molecule has 0 atom stereocenters. The van der Waals surface area contributed by atoms with Gasteiger partial charge in [-0.05, 0) is 25.7 Å². The number of hydrogen-bond acceptors (Lipinski definition) is 2. The molecule has 3 saturated carbocycles. The first kappa shape index (κ1) is 31.3. The number of ether oxygens (including phenoxy) is 1. The predicted octanol–water partition coefficient (Wildman–Crippen LogP) is 11.4. The van der Waals surface area contributed by atoms with Crippen LogP contribution in [0.15, 0.2) is 0 Å². The largest absolute Gasteiger partial charge is 0.506 e. The Morgan fingerprint density at radius 2 is 0.559 bits per heavy atom. The molecule has 0 heterocycles. The maximum atomic E-state index is 10.4. The van der Waals surface area contributed by atoms with Gasteiger partial charge in [-0.2, -0.15) is 0 Å². The summed E-state index contributed by atoms with van der Waals surface area (Å²) in [6, 6.07) is 0. The minimum absolute atomic E-state index is 0.0504. The van der Waals surface area contributed by atoms with Gasteiger partial charge in [-0.1, -0.05) is 161 Å². The Kier molecular flexibility index (Phi) is 23.4. The van der Waals surface area contributed by atoms with E-state index < -0.39 is 6.16 Å². The molecule has 3 aliphatic carbocycles. The van der Waals surface area contributed by atoms with Crippen molar-refractivity contribution < 1.29 is 14.6 Å². The fraction of sp³-hybridized carbons (Fsp3) is 0.968. The molecule has 3 rings (SSSR count).